The van der Waals surface area contributed by atoms with Crippen LogP contribution in [0.4, 0.5) is 10.1 Å². The lowest BCUT2D eigenvalue weighted by Crippen LogP contribution is -2.26. The highest BCUT2D eigenvalue weighted by Crippen LogP contribution is 2.20. The molecule has 1 aromatic carbocycles. The molecule has 1 aromatic rings. The first kappa shape index (κ1) is 13.0. The van der Waals surface area contributed by atoms with Gasteiger partial charge >= 0.3 is 0 Å². The summed E-state index contributed by atoms with van der Waals surface area (Å²) >= 11 is 0. The first-order valence-electron chi connectivity index (χ1n) is 5.79. The number of hydrogen-bond acceptors (Lipinski definition) is 3. The van der Waals surface area contributed by atoms with E-state index in [0.29, 0.717) is 10.9 Å². The number of rotatable bonds is 5. The molecule has 3 N–H and O–H groups in total. The fourth-order valence-electron chi connectivity index (χ4n) is 1.55. The molecule has 18 heavy (non-hydrogen) atoms. The molecule has 1 aliphatic rings. The first-order valence-corrected chi connectivity index (χ1v) is 7.11. The largest absolute Gasteiger partial charge is 0.398 e. The summed E-state index contributed by atoms with van der Waals surface area (Å²) in [7, 11) is -1.37. The van der Waals surface area contributed by atoms with Crippen molar-refractivity contribution in [2.24, 2.45) is 0 Å². The van der Waals surface area contributed by atoms with Gasteiger partial charge in [0.25, 0.3) is 0 Å². The molecule has 0 heterocycles. The molecule has 1 aliphatic carbocycles. The van der Waals surface area contributed by atoms with Crippen molar-refractivity contribution in [1.82, 2.24) is 5.32 Å². The summed E-state index contributed by atoms with van der Waals surface area (Å²) in [4.78, 5) is 11.8. The number of benzene rings is 1. The molecule has 4 nitrogen and oxygen atoms in total. The number of halogens is 1. The number of carbonyl (C=O) groups is 1. The van der Waals surface area contributed by atoms with Crippen LogP contribution in [0.25, 0.3) is 0 Å². The minimum Gasteiger partial charge on any atom is -0.398 e. The first-order chi connectivity index (χ1) is 8.56. The Hall–Kier alpha value is -1.43. The maximum absolute atomic E-state index is 12.8. The standard InChI is InChI=1S/C12H15FN2O2S/c13-8-1-4-11(10(14)7-8)18(17)6-5-12(16)15-9-2-3-9/h1,4,7,9H,2-3,5-6,14H2,(H,15,16). The van der Waals surface area contributed by atoms with Gasteiger partial charge in [-0.05, 0) is 31.0 Å². The van der Waals surface area contributed by atoms with Gasteiger partial charge in [-0.15, -0.1) is 0 Å². The Morgan fingerprint density at radius 3 is 2.83 bits per heavy atom. The SMILES string of the molecule is Nc1cc(F)ccc1S(=O)CCC(=O)NC1CC1. The number of nitrogens with two attached hydrogens (primary N) is 1. The summed E-state index contributed by atoms with van der Waals surface area (Å²) in [5, 5.41) is 2.82. The molecule has 1 saturated carbocycles. The molecule has 98 valence electrons. The molecule has 1 fully saturated rings. The number of hydrogen-bond donors (Lipinski definition) is 2. The van der Waals surface area contributed by atoms with Gasteiger partial charge < -0.3 is 11.1 Å². The molecule has 1 unspecified atom stereocenters. The molecule has 1 atom stereocenters. The van der Waals surface area contributed by atoms with Gasteiger partial charge in [0.1, 0.15) is 5.82 Å². The molecule has 0 aromatic heterocycles. The molecule has 0 bridgehead atoms. The van der Waals surface area contributed by atoms with Crippen LogP contribution in [-0.2, 0) is 15.6 Å². The van der Waals surface area contributed by atoms with Gasteiger partial charge in [-0.2, -0.15) is 0 Å². The summed E-state index contributed by atoms with van der Waals surface area (Å²) in [5.74, 6) is -0.347. The van der Waals surface area contributed by atoms with Gasteiger partial charge in [0.05, 0.1) is 21.4 Å². The summed E-state index contributed by atoms with van der Waals surface area (Å²) in [5.41, 5.74) is 5.75. The highest BCUT2D eigenvalue weighted by Gasteiger charge is 2.23. The van der Waals surface area contributed by atoms with Gasteiger partial charge in [-0.3, -0.25) is 9.00 Å². The summed E-state index contributed by atoms with van der Waals surface area (Å²) in [6, 6.07) is 4.06. The Labute approximate surface area is 107 Å². The highest BCUT2D eigenvalue weighted by atomic mass is 32.2. The van der Waals surface area contributed by atoms with Crippen molar-refractivity contribution >= 4 is 22.4 Å². The van der Waals surface area contributed by atoms with Crippen LogP contribution in [0.2, 0.25) is 0 Å². The minimum atomic E-state index is -1.37. The van der Waals surface area contributed by atoms with E-state index in [9.17, 15) is 13.4 Å². The Morgan fingerprint density at radius 1 is 1.50 bits per heavy atom. The van der Waals surface area contributed by atoms with Gasteiger partial charge in [-0.25, -0.2) is 4.39 Å². The van der Waals surface area contributed by atoms with Crippen molar-refractivity contribution < 1.29 is 13.4 Å². The fourth-order valence-corrected chi connectivity index (χ4v) is 2.68. The summed E-state index contributed by atoms with van der Waals surface area (Å²) < 4.78 is 24.7. The van der Waals surface area contributed by atoms with Crippen molar-refractivity contribution in [3.8, 4) is 0 Å². The van der Waals surface area contributed by atoms with Crippen LogP contribution in [0.1, 0.15) is 19.3 Å². The van der Waals surface area contributed by atoms with Crippen molar-refractivity contribution in [3.63, 3.8) is 0 Å². The van der Waals surface area contributed by atoms with Gasteiger partial charge in [-0.1, -0.05) is 0 Å². The second-order valence-corrected chi connectivity index (χ2v) is 5.86. The predicted octanol–water partition coefficient (Wildman–Crippen LogP) is 1.18. The zero-order valence-electron chi connectivity index (χ0n) is 9.82. The van der Waals surface area contributed by atoms with Crippen LogP contribution in [0.3, 0.4) is 0 Å². The Balaban J connectivity index is 1.88. The number of anilines is 1. The Kier molecular flexibility index (Phi) is 3.96. The van der Waals surface area contributed by atoms with E-state index in [1.165, 1.54) is 12.1 Å². The molecule has 2 rings (SSSR count). The maximum Gasteiger partial charge on any atom is 0.221 e. The molecule has 1 amide bonds. The lowest BCUT2D eigenvalue weighted by atomic mass is 10.3. The lowest BCUT2D eigenvalue weighted by Gasteiger charge is -2.06. The zero-order chi connectivity index (χ0) is 13.1. The van der Waals surface area contributed by atoms with E-state index in [4.69, 9.17) is 5.73 Å². The fraction of sp³-hybridized carbons (Fsp3) is 0.417. The minimum absolute atomic E-state index is 0.0912. The number of nitrogens with one attached hydrogen (secondary N) is 1. The predicted molar refractivity (Wildman–Crippen MR) is 67.9 cm³/mol. The van der Waals surface area contributed by atoms with E-state index >= 15 is 0 Å². The summed E-state index contributed by atoms with van der Waals surface area (Å²) in [6.07, 6.45) is 2.25. The third-order valence-electron chi connectivity index (χ3n) is 2.67. The molecule has 6 heteroatoms. The molecule has 0 radical (unpaired) electrons. The average molecular weight is 270 g/mol. The van der Waals surface area contributed by atoms with Crippen LogP contribution >= 0.6 is 0 Å². The van der Waals surface area contributed by atoms with Crippen molar-refractivity contribution in [1.29, 1.82) is 0 Å². The second kappa shape index (κ2) is 5.48. The highest BCUT2D eigenvalue weighted by molar-refractivity contribution is 7.85. The van der Waals surface area contributed by atoms with E-state index in [0.717, 1.165) is 18.9 Å². The molecular weight excluding hydrogens is 255 g/mol. The zero-order valence-corrected chi connectivity index (χ0v) is 10.6. The molecule has 0 aliphatic heterocycles. The van der Waals surface area contributed by atoms with Crippen LogP contribution in [-0.4, -0.2) is 21.9 Å². The Bertz CT molecular complexity index is 489. The number of carbonyl (C=O) groups excluding carboxylic acids is 1. The topological polar surface area (TPSA) is 72.2 Å². The van der Waals surface area contributed by atoms with Crippen molar-refractivity contribution in [3.05, 3.63) is 24.0 Å². The van der Waals surface area contributed by atoms with E-state index in [1.54, 1.807) is 0 Å². The van der Waals surface area contributed by atoms with Crippen molar-refractivity contribution in [2.45, 2.75) is 30.2 Å². The van der Waals surface area contributed by atoms with E-state index < -0.39 is 16.6 Å². The van der Waals surface area contributed by atoms with E-state index in [1.807, 2.05) is 0 Å². The van der Waals surface area contributed by atoms with Gasteiger partial charge in [0, 0.05) is 18.2 Å². The second-order valence-electron chi connectivity index (χ2n) is 4.32. The number of amides is 1. The van der Waals surface area contributed by atoms with E-state index in [-0.39, 0.29) is 23.8 Å². The average Bonchev–Trinajstić information content (AvgIpc) is 3.10. The maximum atomic E-state index is 12.8. The van der Waals surface area contributed by atoms with Crippen LogP contribution in [0.15, 0.2) is 23.1 Å². The quantitative estimate of drug-likeness (QED) is 0.789. The third-order valence-corrected chi connectivity index (χ3v) is 4.11. The van der Waals surface area contributed by atoms with Crippen LogP contribution < -0.4 is 11.1 Å². The third kappa shape index (κ3) is 3.53. The summed E-state index contributed by atoms with van der Waals surface area (Å²) in [6.45, 7) is 0. The van der Waals surface area contributed by atoms with Gasteiger partial charge in [0.15, 0.2) is 0 Å². The molecule has 0 saturated heterocycles. The van der Waals surface area contributed by atoms with E-state index in [2.05, 4.69) is 5.32 Å². The Morgan fingerprint density at radius 2 is 2.22 bits per heavy atom. The molecular formula is C12H15FN2O2S. The van der Waals surface area contributed by atoms with Crippen LogP contribution in [0, 0.1) is 5.82 Å². The smallest absolute Gasteiger partial charge is 0.221 e. The van der Waals surface area contributed by atoms with Crippen LogP contribution in [0.5, 0.6) is 0 Å². The normalized spacial score (nSPS) is 16.3. The lowest BCUT2D eigenvalue weighted by molar-refractivity contribution is -0.120. The number of nitrogen functional groups attached to an aromatic ring is 1. The monoisotopic (exact) mass is 270 g/mol. The van der Waals surface area contributed by atoms with Crippen molar-refractivity contribution in [2.75, 3.05) is 11.5 Å². The van der Waals surface area contributed by atoms with Gasteiger partial charge in [0.2, 0.25) is 5.91 Å². The molecule has 0 spiro atoms.